The van der Waals surface area contributed by atoms with E-state index >= 15 is 0 Å². The Hall–Kier alpha value is -0.530. The third-order valence-electron chi connectivity index (χ3n) is 7.87. The highest BCUT2D eigenvalue weighted by atomic mass is 16.5. The van der Waals surface area contributed by atoms with Gasteiger partial charge in [0.15, 0.2) is 12.8 Å². The molecule has 0 unspecified atom stereocenters. The van der Waals surface area contributed by atoms with E-state index in [2.05, 4.69) is 13.8 Å². The molecule has 0 aromatic heterocycles. The number of hydrogen-bond donors (Lipinski definition) is 0. The predicted octanol–water partition coefficient (Wildman–Crippen LogP) is 12.3. The third-order valence-corrected chi connectivity index (χ3v) is 7.87. The zero-order valence-corrected chi connectivity index (χ0v) is 25.4. The van der Waals surface area contributed by atoms with Gasteiger partial charge in [0.25, 0.3) is 0 Å². The molecule has 0 aliphatic rings. The molecule has 0 bridgehead atoms. The van der Waals surface area contributed by atoms with E-state index in [-0.39, 0.29) is 0 Å². The van der Waals surface area contributed by atoms with E-state index in [0.717, 1.165) is 12.8 Å². The molecule has 0 saturated heterocycles. The lowest BCUT2D eigenvalue weighted by molar-refractivity contribution is -0.454. The molecule has 0 atom stereocenters. The van der Waals surface area contributed by atoms with Gasteiger partial charge in [-0.2, -0.15) is 0 Å². The lowest BCUT2D eigenvalue weighted by Gasteiger charge is -2.05. The normalized spacial score (nSPS) is 12.0. The minimum absolute atomic E-state index is 0.705. The maximum absolute atomic E-state index is 12.0. The van der Waals surface area contributed by atoms with E-state index in [1.807, 2.05) is 6.21 Å². The van der Waals surface area contributed by atoms with Crippen molar-refractivity contribution in [3.63, 3.8) is 0 Å². The summed E-state index contributed by atoms with van der Waals surface area (Å²) >= 11 is 0. The number of hydrogen-bond acceptors (Lipinski definition) is 1. The Kier molecular flexibility index (Phi) is 32.0. The van der Waals surface area contributed by atoms with Crippen molar-refractivity contribution in [2.75, 3.05) is 6.54 Å². The summed E-state index contributed by atoms with van der Waals surface area (Å²) in [6.45, 7) is 5.29. The fraction of sp³-hybridized carbons (Fsp3) is 0.971. The van der Waals surface area contributed by atoms with E-state index in [9.17, 15) is 5.21 Å². The Bertz CT molecular complexity index is 419. The molecular formula is C34H69NO. The first kappa shape index (κ1) is 35.5. The van der Waals surface area contributed by atoms with Crippen LogP contribution in [0.5, 0.6) is 0 Å². The van der Waals surface area contributed by atoms with Crippen molar-refractivity contribution >= 4 is 6.21 Å². The van der Waals surface area contributed by atoms with Gasteiger partial charge in [0.05, 0.1) is 0 Å². The van der Waals surface area contributed by atoms with Crippen molar-refractivity contribution in [3.8, 4) is 0 Å². The first-order chi connectivity index (χ1) is 17.8. The molecule has 0 radical (unpaired) electrons. The van der Waals surface area contributed by atoms with Gasteiger partial charge in [-0.15, -0.1) is 0 Å². The van der Waals surface area contributed by atoms with Crippen LogP contribution in [0.25, 0.3) is 0 Å². The van der Waals surface area contributed by atoms with Gasteiger partial charge >= 0.3 is 0 Å². The second-order valence-corrected chi connectivity index (χ2v) is 11.7. The smallest absolute Gasteiger partial charge is 0.153 e. The van der Waals surface area contributed by atoms with Crippen LogP contribution in [0, 0.1) is 5.21 Å². The minimum atomic E-state index is 0.705. The summed E-state index contributed by atoms with van der Waals surface area (Å²) in [6, 6.07) is 0. The van der Waals surface area contributed by atoms with Gasteiger partial charge in [0, 0.05) is 12.8 Å². The van der Waals surface area contributed by atoms with Crippen molar-refractivity contribution in [3.05, 3.63) is 5.21 Å². The monoisotopic (exact) mass is 508 g/mol. The van der Waals surface area contributed by atoms with Crippen molar-refractivity contribution in [1.82, 2.24) is 0 Å². The number of hydroxylamine groups is 1. The SMILES string of the molecule is CCCCCCCCCCCCCCCCC=[N+]([O-])CCCCCCCCCCCCCCCCC. The fourth-order valence-corrected chi connectivity index (χ4v) is 5.30. The van der Waals surface area contributed by atoms with Crippen molar-refractivity contribution in [2.24, 2.45) is 0 Å². The summed E-state index contributed by atoms with van der Waals surface area (Å²) < 4.78 is 1.21. The first-order valence-corrected chi connectivity index (χ1v) is 17.1. The number of rotatable bonds is 31. The van der Waals surface area contributed by atoms with Crippen molar-refractivity contribution in [2.45, 2.75) is 206 Å². The van der Waals surface area contributed by atoms with Crippen LogP contribution in [0.3, 0.4) is 0 Å². The first-order valence-electron chi connectivity index (χ1n) is 17.1. The van der Waals surface area contributed by atoms with Gasteiger partial charge in [-0.05, 0) is 12.8 Å². The van der Waals surface area contributed by atoms with Gasteiger partial charge < -0.3 is 5.21 Å². The zero-order valence-electron chi connectivity index (χ0n) is 25.4. The van der Waals surface area contributed by atoms with Gasteiger partial charge in [0.2, 0.25) is 0 Å². The quantitative estimate of drug-likeness (QED) is 0.0301. The molecule has 36 heavy (non-hydrogen) atoms. The Morgan fingerprint density at radius 3 is 0.917 bits per heavy atom. The van der Waals surface area contributed by atoms with Crippen LogP contribution in [0.15, 0.2) is 0 Å². The molecule has 0 rings (SSSR count). The van der Waals surface area contributed by atoms with E-state index in [1.165, 1.54) is 185 Å². The third kappa shape index (κ3) is 31.5. The molecular weight excluding hydrogens is 438 g/mol. The highest BCUT2D eigenvalue weighted by Gasteiger charge is 1.98. The van der Waals surface area contributed by atoms with E-state index < -0.39 is 0 Å². The summed E-state index contributed by atoms with van der Waals surface area (Å²) in [5, 5.41) is 12.0. The van der Waals surface area contributed by atoms with Crippen LogP contribution in [-0.2, 0) is 0 Å². The molecule has 0 aromatic rings. The zero-order chi connectivity index (χ0) is 26.2. The summed E-state index contributed by atoms with van der Waals surface area (Å²) in [6.07, 6.45) is 43.0. The maximum Gasteiger partial charge on any atom is 0.153 e. The van der Waals surface area contributed by atoms with E-state index in [0.29, 0.717) is 6.54 Å². The molecule has 0 aromatic carbocycles. The van der Waals surface area contributed by atoms with Gasteiger partial charge in [-0.25, -0.2) is 4.74 Å². The molecule has 0 aliphatic carbocycles. The second kappa shape index (κ2) is 32.5. The van der Waals surface area contributed by atoms with Gasteiger partial charge in [-0.1, -0.05) is 181 Å². The van der Waals surface area contributed by atoms with Crippen LogP contribution in [0.1, 0.15) is 206 Å². The Morgan fingerprint density at radius 2 is 0.611 bits per heavy atom. The summed E-state index contributed by atoms with van der Waals surface area (Å²) in [7, 11) is 0. The predicted molar refractivity (Wildman–Crippen MR) is 164 cm³/mol. The van der Waals surface area contributed by atoms with Crippen LogP contribution < -0.4 is 0 Å². The highest BCUT2D eigenvalue weighted by Crippen LogP contribution is 2.14. The molecule has 2 nitrogen and oxygen atoms in total. The molecule has 0 saturated carbocycles. The summed E-state index contributed by atoms with van der Waals surface area (Å²) in [5.41, 5.74) is 0. The standard InChI is InChI=1S/C34H69NO/c1-3-5-7-9-11-13-15-17-19-21-23-25-27-29-31-33-35(36)34-32-30-28-26-24-22-20-18-16-14-12-10-8-6-4-2/h33H,3-32,34H2,1-2H3. The average molecular weight is 508 g/mol. The molecule has 0 fully saturated rings. The molecule has 0 N–H and O–H groups in total. The molecule has 0 heterocycles. The lowest BCUT2D eigenvalue weighted by atomic mass is 10.0. The minimum Gasteiger partial charge on any atom is -0.624 e. The number of unbranched alkanes of at least 4 members (excludes halogenated alkanes) is 28. The molecule has 0 amide bonds. The topological polar surface area (TPSA) is 26.1 Å². The van der Waals surface area contributed by atoms with E-state index in [4.69, 9.17) is 0 Å². The highest BCUT2D eigenvalue weighted by molar-refractivity contribution is 5.50. The lowest BCUT2D eigenvalue weighted by Crippen LogP contribution is -2.06. The fourth-order valence-electron chi connectivity index (χ4n) is 5.30. The van der Waals surface area contributed by atoms with Crippen LogP contribution >= 0.6 is 0 Å². The maximum atomic E-state index is 12.0. The summed E-state index contributed by atoms with van der Waals surface area (Å²) in [4.78, 5) is 0. The second-order valence-electron chi connectivity index (χ2n) is 11.7. The Morgan fingerprint density at radius 1 is 0.361 bits per heavy atom. The number of nitrogens with zero attached hydrogens (tertiary/aromatic N) is 1. The Balaban J connectivity index is 3.21. The van der Waals surface area contributed by atoms with Crippen LogP contribution in [-0.4, -0.2) is 17.5 Å². The van der Waals surface area contributed by atoms with Gasteiger partial charge in [-0.3, -0.25) is 0 Å². The van der Waals surface area contributed by atoms with E-state index in [1.54, 1.807) is 0 Å². The molecule has 216 valence electrons. The largest absolute Gasteiger partial charge is 0.624 e. The summed E-state index contributed by atoms with van der Waals surface area (Å²) in [5.74, 6) is 0. The van der Waals surface area contributed by atoms with Crippen LogP contribution in [0.2, 0.25) is 0 Å². The molecule has 2 heteroatoms. The van der Waals surface area contributed by atoms with Crippen LogP contribution in [0.4, 0.5) is 0 Å². The van der Waals surface area contributed by atoms with Gasteiger partial charge in [0.1, 0.15) is 0 Å². The molecule has 0 spiro atoms. The molecule has 0 aliphatic heterocycles. The van der Waals surface area contributed by atoms with Crippen molar-refractivity contribution in [1.29, 1.82) is 0 Å². The van der Waals surface area contributed by atoms with Crippen molar-refractivity contribution < 1.29 is 4.74 Å². The Labute approximate surface area is 229 Å². The average Bonchev–Trinajstić information content (AvgIpc) is 2.88.